The fourth-order valence-corrected chi connectivity index (χ4v) is 1.97. The smallest absolute Gasteiger partial charge is 0.126 e. The molecule has 0 bridgehead atoms. The van der Waals surface area contributed by atoms with Crippen LogP contribution in [0.5, 0.6) is 0 Å². The molecule has 0 atom stereocenters. The molecule has 3 nitrogen and oxygen atoms in total. The molecule has 4 heteroatoms. The van der Waals surface area contributed by atoms with E-state index in [-0.39, 0.29) is 12.4 Å². The first kappa shape index (κ1) is 14.6. The number of hydrogen-bond donors (Lipinski definition) is 1. The van der Waals surface area contributed by atoms with E-state index in [0.29, 0.717) is 6.54 Å². The van der Waals surface area contributed by atoms with Crippen molar-refractivity contribution in [3.8, 4) is 11.3 Å². The third kappa shape index (κ3) is 3.06. The summed E-state index contributed by atoms with van der Waals surface area (Å²) in [5.74, 6) is 0.767. The van der Waals surface area contributed by atoms with E-state index in [1.54, 1.807) is 0 Å². The molecule has 2 rings (SSSR count). The Balaban J connectivity index is 0.00000162. The third-order valence-electron chi connectivity index (χ3n) is 2.76. The second kappa shape index (κ2) is 5.94. The van der Waals surface area contributed by atoms with Gasteiger partial charge >= 0.3 is 0 Å². The Morgan fingerprint density at radius 3 is 2.39 bits per heavy atom. The van der Waals surface area contributed by atoms with Crippen molar-refractivity contribution in [1.29, 1.82) is 0 Å². The Bertz CT molecular complexity index is 553. The first-order valence-electron chi connectivity index (χ1n) is 5.72. The van der Waals surface area contributed by atoms with Gasteiger partial charge in [-0.2, -0.15) is 0 Å². The highest BCUT2D eigenvalue weighted by Crippen LogP contribution is 2.22. The second-order valence-electron chi connectivity index (χ2n) is 4.31. The summed E-state index contributed by atoms with van der Waals surface area (Å²) >= 11 is 0. The molecule has 0 fully saturated rings. The summed E-state index contributed by atoms with van der Waals surface area (Å²) in [4.78, 5) is 8.76. The normalized spacial score (nSPS) is 10.0. The van der Waals surface area contributed by atoms with Crippen LogP contribution in [0.25, 0.3) is 11.3 Å². The van der Waals surface area contributed by atoms with Gasteiger partial charge in [0.25, 0.3) is 0 Å². The molecule has 0 amide bonds. The molecule has 0 aliphatic rings. The van der Waals surface area contributed by atoms with Crippen molar-refractivity contribution in [2.45, 2.75) is 27.3 Å². The lowest BCUT2D eigenvalue weighted by Gasteiger charge is -2.08. The van der Waals surface area contributed by atoms with Crippen molar-refractivity contribution in [3.05, 3.63) is 46.9 Å². The van der Waals surface area contributed by atoms with Crippen LogP contribution in [0.2, 0.25) is 0 Å². The van der Waals surface area contributed by atoms with Gasteiger partial charge in [0.05, 0.1) is 11.4 Å². The lowest BCUT2D eigenvalue weighted by molar-refractivity contribution is 0.929. The van der Waals surface area contributed by atoms with Gasteiger partial charge in [0.15, 0.2) is 0 Å². The Hall–Kier alpha value is -1.45. The van der Waals surface area contributed by atoms with Crippen molar-refractivity contribution in [1.82, 2.24) is 9.97 Å². The molecule has 0 aliphatic heterocycles. The van der Waals surface area contributed by atoms with Crippen LogP contribution in [0.15, 0.2) is 24.3 Å². The average Bonchev–Trinajstić information content (AvgIpc) is 2.28. The zero-order valence-electron chi connectivity index (χ0n) is 10.9. The largest absolute Gasteiger partial charge is 0.325 e. The first-order valence-corrected chi connectivity index (χ1v) is 5.72. The van der Waals surface area contributed by atoms with Gasteiger partial charge in [-0.15, -0.1) is 12.4 Å². The molecule has 96 valence electrons. The lowest BCUT2D eigenvalue weighted by atomic mass is 10.0. The van der Waals surface area contributed by atoms with Crippen LogP contribution in [-0.4, -0.2) is 9.97 Å². The van der Waals surface area contributed by atoms with Gasteiger partial charge in [-0.25, -0.2) is 9.97 Å². The molecular weight excluding hydrogens is 246 g/mol. The second-order valence-corrected chi connectivity index (χ2v) is 4.31. The van der Waals surface area contributed by atoms with Crippen molar-refractivity contribution in [2.75, 3.05) is 0 Å². The molecule has 1 aromatic heterocycles. The van der Waals surface area contributed by atoms with Crippen LogP contribution in [-0.2, 0) is 6.54 Å². The van der Waals surface area contributed by atoms with Gasteiger partial charge in [-0.05, 0) is 32.4 Å². The number of aromatic nitrogens is 2. The molecule has 0 saturated heterocycles. The molecule has 18 heavy (non-hydrogen) atoms. The summed E-state index contributed by atoms with van der Waals surface area (Å²) in [7, 11) is 0. The zero-order chi connectivity index (χ0) is 12.4. The molecule has 1 aromatic carbocycles. The van der Waals surface area contributed by atoms with Gasteiger partial charge in [0.2, 0.25) is 0 Å². The molecule has 0 unspecified atom stereocenters. The van der Waals surface area contributed by atoms with Gasteiger partial charge < -0.3 is 5.73 Å². The van der Waals surface area contributed by atoms with Crippen molar-refractivity contribution in [2.24, 2.45) is 5.73 Å². The molecule has 0 radical (unpaired) electrons. The first-order chi connectivity index (χ1) is 8.10. The van der Waals surface area contributed by atoms with Crippen LogP contribution in [0.1, 0.15) is 22.6 Å². The van der Waals surface area contributed by atoms with E-state index >= 15 is 0 Å². The van der Waals surface area contributed by atoms with E-state index in [1.807, 2.05) is 13.0 Å². The van der Waals surface area contributed by atoms with Gasteiger partial charge in [-0.3, -0.25) is 0 Å². The monoisotopic (exact) mass is 263 g/mol. The highest BCUT2D eigenvalue weighted by Gasteiger charge is 2.06. The molecule has 2 aromatic rings. The van der Waals surface area contributed by atoms with Crippen molar-refractivity contribution < 1.29 is 0 Å². The molecule has 1 heterocycles. The van der Waals surface area contributed by atoms with Crippen LogP contribution >= 0.6 is 12.4 Å². The lowest BCUT2D eigenvalue weighted by Crippen LogP contribution is -2.03. The highest BCUT2D eigenvalue weighted by atomic mass is 35.5. The van der Waals surface area contributed by atoms with Gasteiger partial charge in [0, 0.05) is 12.1 Å². The summed E-state index contributed by atoms with van der Waals surface area (Å²) in [6, 6.07) is 8.33. The van der Waals surface area contributed by atoms with Crippen molar-refractivity contribution in [3.63, 3.8) is 0 Å². The average molecular weight is 264 g/mol. The van der Waals surface area contributed by atoms with Crippen LogP contribution in [0.4, 0.5) is 0 Å². The summed E-state index contributed by atoms with van der Waals surface area (Å²) in [5, 5.41) is 0. The number of nitrogens with zero attached hydrogens (tertiary/aromatic N) is 2. The molecule has 0 aliphatic carbocycles. The Morgan fingerprint density at radius 1 is 1.06 bits per heavy atom. The fraction of sp³-hybridized carbons (Fsp3) is 0.286. The maximum absolute atomic E-state index is 5.64. The number of aryl methyl sites for hydroxylation is 3. The van der Waals surface area contributed by atoms with E-state index in [0.717, 1.165) is 22.8 Å². The Kier molecular flexibility index (Phi) is 4.82. The van der Waals surface area contributed by atoms with Gasteiger partial charge in [0.1, 0.15) is 5.82 Å². The number of halogens is 1. The number of benzene rings is 1. The predicted octanol–water partition coefficient (Wildman–Crippen LogP) is 2.95. The number of hydrogen-bond acceptors (Lipinski definition) is 3. The molecule has 0 saturated carbocycles. The third-order valence-corrected chi connectivity index (χ3v) is 2.76. The maximum atomic E-state index is 5.64. The summed E-state index contributed by atoms with van der Waals surface area (Å²) in [6.45, 7) is 6.53. The van der Waals surface area contributed by atoms with Crippen LogP contribution in [0, 0.1) is 20.8 Å². The van der Waals surface area contributed by atoms with E-state index in [9.17, 15) is 0 Å². The molecule has 0 spiro atoms. The minimum absolute atomic E-state index is 0. The van der Waals surface area contributed by atoms with Crippen LogP contribution < -0.4 is 5.73 Å². The molecular formula is C14H18ClN3. The summed E-state index contributed by atoms with van der Waals surface area (Å²) < 4.78 is 0. The standard InChI is InChI=1S/C14H17N3.ClH/c1-9-4-5-13(10(2)6-9)14-7-12(8-15)16-11(3)17-14;/h4-7H,8,15H2,1-3H3;1H. The van der Waals surface area contributed by atoms with E-state index in [1.165, 1.54) is 11.1 Å². The topological polar surface area (TPSA) is 51.8 Å². The number of rotatable bonds is 2. The fourth-order valence-electron chi connectivity index (χ4n) is 1.97. The van der Waals surface area contributed by atoms with E-state index in [2.05, 4.69) is 42.0 Å². The van der Waals surface area contributed by atoms with Crippen LogP contribution in [0.3, 0.4) is 0 Å². The van der Waals surface area contributed by atoms with E-state index < -0.39 is 0 Å². The minimum atomic E-state index is 0. The molecule has 2 N–H and O–H groups in total. The maximum Gasteiger partial charge on any atom is 0.126 e. The SMILES string of the molecule is Cc1ccc(-c2cc(CN)nc(C)n2)c(C)c1.Cl. The summed E-state index contributed by atoms with van der Waals surface area (Å²) in [5.41, 5.74) is 11.1. The quantitative estimate of drug-likeness (QED) is 0.906. The predicted molar refractivity (Wildman–Crippen MR) is 76.8 cm³/mol. The zero-order valence-corrected chi connectivity index (χ0v) is 11.7. The highest BCUT2D eigenvalue weighted by molar-refractivity contribution is 5.85. The number of nitrogens with two attached hydrogens (primary N) is 1. The Morgan fingerprint density at radius 2 is 1.78 bits per heavy atom. The minimum Gasteiger partial charge on any atom is -0.325 e. The van der Waals surface area contributed by atoms with E-state index in [4.69, 9.17) is 5.73 Å². The Labute approximate surface area is 114 Å². The van der Waals surface area contributed by atoms with Crippen molar-refractivity contribution >= 4 is 12.4 Å². The van der Waals surface area contributed by atoms with Gasteiger partial charge in [-0.1, -0.05) is 23.8 Å². The summed E-state index contributed by atoms with van der Waals surface area (Å²) in [6.07, 6.45) is 0.